The summed E-state index contributed by atoms with van der Waals surface area (Å²) in [5.74, 6) is -1.34. The first-order valence-corrected chi connectivity index (χ1v) is 4.86. The molecule has 1 aromatic heterocycles. The van der Waals surface area contributed by atoms with Crippen LogP contribution in [0.5, 0.6) is 0 Å². The summed E-state index contributed by atoms with van der Waals surface area (Å²) in [7, 11) is 1.14. The van der Waals surface area contributed by atoms with Gasteiger partial charge in [-0.2, -0.15) is 0 Å². The van der Waals surface area contributed by atoms with Crippen molar-refractivity contribution < 1.29 is 23.2 Å². The van der Waals surface area contributed by atoms with Gasteiger partial charge in [0, 0.05) is 0 Å². The molecule has 1 heterocycles. The number of carbonyl (C=O) groups is 1. The van der Waals surface area contributed by atoms with Crippen LogP contribution in [0.25, 0.3) is 0 Å². The zero-order valence-electron chi connectivity index (χ0n) is 9.65. The minimum atomic E-state index is -2.94. The highest BCUT2D eigenvalue weighted by atomic mass is 19.3. The Bertz CT molecular complexity index is 491. The fourth-order valence-corrected chi connectivity index (χ4v) is 1.37. The SMILES string of the molecule is COC(=O)Cc1cc(C(F)F)nc([N+](=O)[O-])c1C. The van der Waals surface area contributed by atoms with Gasteiger partial charge >= 0.3 is 18.2 Å². The Morgan fingerprint density at radius 1 is 1.61 bits per heavy atom. The van der Waals surface area contributed by atoms with E-state index in [1.807, 2.05) is 0 Å². The number of ether oxygens (including phenoxy) is 1. The minimum absolute atomic E-state index is 0.0785. The molecule has 18 heavy (non-hydrogen) atoms. The number of pyridine rings is 1. The Morgan fingerprint density at radius 3 is 2.67 bits per heavy atom. The van der Waals surface area contributed by atoms with Crippen molar-refractivity contribution in [3.63, 3.8) is 0 Å². The van der Waals surface area contributed by atoms with E-state index in [9.17, 15) is 23.7 Å². The minimum Gasteiger partial charge on any atom is -0.469 e. The zero-order valence-corrected chi connectivity index (χ0v) is 9.65. The lowest BCUT2D eigenvalue weighted by Gasteiger charge is -2.06. The molecule has 0 atom stereocenters. The third-order valence-electron chi connectivity index (χ3n) is 2.33. The van der Waals surface area contributed by atoms with Crippen molar-refractivity contribution in [3.8, 4) is 0 Å². The lowest BCUT2D eigenvalue weighted by Crippen LogP contribution is -2.09. The van der Waals surface area contributed by atoms with Crippen molar-refractivity contribution in [2.75, 3.05) is 7.11 Å². The second kappa shape index (κ2) is 5.48. The molecule has 0 aliphatic rings. The molecule has 0 spiro atoms. The van der Waals surface area contributed by atoms with Gasteiger partial charge in [0.05, 0.1) is 19.1 Å². The van der Waals surface area contributed by atoms with Crippen LogP contribution in [0, 0.1) is 17.0 Å². The molecule has 6 nitrogen and oxygen atoms in total. The molecule has 1 rings (SSSR count). The molecular weight excluding hydrogens is 250 g/mol. The van der Waals surface area contributed by atoms with Crippen molar-refractivity contribution in [2.24, 2.45) is 0 Å². The third kappa shape index (κ3) is 2.96. The van der Waals surface area contributed by atoms with Crippen LogP contribution in [0.2, 0.25) is 0 Å². The van der Waals surface area contributed by atoms with Gasteiger partial charge in [-0.05, 0) is 28.5 Å². The van der Waals surface area contributed by atoms with Crippen LogP contribution in [-0.4, -0.2) is 23.0 Å². The quantitative estimate of drug-likeness (QED) is 0.469. The number of nitrogens with zero attached hydrogens (tertiary/aromatic N) is 2. The molecule has 0 radical (unpaired) electrons. The highest BCUT2D eigenvalue weighted by Gasteiger charge is 2.25. The van der Waals surface area contributed by atoms with Crippen LogP contribution in [0.1, 0.15) is 23.2 Å². The van der Waals surface area contributed by atoms with Crippen LogP contribution >= 0.6 is 0 Å². The number of hydrogen-bond donors (Lipinski definition) is 0. The Balaban J connectivity index is 3.31. The van der Waals surface area contributed by atoms with E-state index in [-0.39, 0.29) is 17.5 Å². The summed E-state index contributed by atoms with van der Waals surface area (Å²) in [6.45, 7) is 1.35. The number of esters is 1. The molecule has 0 aliphatic heterocycles. The summed E-state index contributed by atoms with van der Waals surface area (Å²) in [6.07, 6.45) is -3.26. The molecule has 0 saturated carbocycles. The van der Waals surface area contributed by atoms with Gasteiger partial charge < -0.3 is 14.9 Å². The smallest absolute Gasteiger partial charge is 0.367 e. The van der Waals surface area contributed by atoms with E-state index in [4.69, 9.17) is 0 Å². The van der Waals surface area contributed by atoms with E-state index in [1.54, 1.807) is 0 Å². The number of aromatic nitrogens is 1. The summed E-state index contributed by atoms with van der Waals surface area (Å²) in [6, 6.07) is 0.976. The van der Waals surface area contributed by atoms with E-state index in [0.717, 1.165) is 13.2 Å². The first kappa shape index (κ1) is 13.9. The number of alkyl halides is 2. The zero-order chi connectivity index (χ0) is 13.9. The van der Waals surface area contributed by atoms with Gasteiger partial charge in [0.25, 0.3) is 0 Å². The molecule has 8 heteroatoms. The Labute approximate surface area is 101 Å². The fourth-order valence-electron chi connectivity index (χ4n) is 1.37. The van der Waals surface area contributed by atoms with E-state index in [0.29, 0.717) is 0 Å². The lowest BCUT2D eigenvalue weighted by molar-refractivity contribution is -0.390. The van der Waals surface area contributed by atoms with Crippen LogP contribution < -0.4 is 0 Å². The van der Waals surface area contributed by atoms with Gasteiger partial charge in [0.15, 0.2) is 0 Å². The van der Waals surface area contributed by atoms with Crippen molar-refractivity contribution >= 4 is 11.8 Å². The highest BCUT2D eigenvalue weighted by molar-refractivity contribution is 5.73. The topological polar surface area (TPSA) is 82.3 Å². The second-order valence-corrected chi connectivity index (χ2v) is 3.47. The number of nitro groups is 1. The first-order valence-electron chi connectivity index (χ1n) is 4.86. The van der Waals surface area contributed by atoms with Crippen LogP contribution in [0.15, 0.2) is 6.07 Å². The predicted molar refractivity (Wildman–Crippen MR) is 56.3 cm³/mol. The average molecular weight is 260 g/mol. The van der Waals surface area contributed by atoms with Crippen molar-refractivity contribution in [1.29, 1.82) is 0 Å². The maximum atomic E-state index is 12.5. The Morgan fingerprint density at radius 2 is 2.22 bits per heavy atom. The molecule has 0 saturated heterocycles. The van der Waals surface area contributed by atoms with Crippen LogP contribution in [0.4, 0.5) is 14.6 Å². The number of halogens is 2. The monoisotopic (exact) mass is 260 g/mol. The van der Waals surface area contributed by atoms with Gasteiger partial charge in [-0.15, -0.1) is 0 Å². The fraction of sp³-hybridized carbons (Fsp3) is 0.400. The molecule has 0 N–H and O–H groups in total. The summed E-state index contributed by atoms with van der Waals surface area (Å²) in [4.78, 5) is 24.2. The van der Waals surface area contributed by atoms with E-state index >= 15 is 0 Å². The first-order chi connectivity index (χ1) is 8.36. The van der Waals surface area contributed by atoms with Crippen LogP contribution in [0.3, 0.4) is 0 Å². The van der Waals surface area contributed by atoms with Gasteiger partial charge in [0.1, 0.15) is 0 Å². The second-order valence-electron chi connectivity index (χ2n) is 3.47. The predicted octanol–water partition coefficient (Wildman–Crippen LogP) is 1.95. The molecule has 0 unspecified atom stereocenters. The van der Waals surface area contributed by atoms with E-state index in [2.05, 4.69) is 9.72 Å². The Kier molecular flexibility index (Phi) is 4.24. The standard InChI is InChI=1S/C10H10F2N2O4/c1-5-6(4-8(15)18-2)3-7(9(11)12)13-10(5)14(16)17/h3,9H,4H2,1-2H3. The highest BCUT2D eigenvalue weighted by Crippen LogP contribution is 2.26. The maximum Gasteiger partial charge on any atom is 0.367 e. The van der Waals surface area contributed by atoms with E-state index in [1.165, 1.54) is 6.92 Å². The summed E-state index contributed by atoms with van der Waals surface area (Å²) >= 11 is 0. The summed E-state index contributed by atoms with van der Waals surface area (Å²) in [5.41, 5.74) is -0.542. The summed E-state index contributed by atoms with van der Waals surface area (Å²) < 4.78 is 29.5. The normalized spacial score (nSPS) is 10.5. The van der Waals surface area contributed by atoms with Gasteiger partial charge in [-0.3, -0.25) is 4.79 Å². The number of methoxy groups -OCH3 is 1. The number of rotatable bonds is 4. The molecule has 1 aromatic rings. The van der Waals surface area contributed by atoms with Gasteiger partial charge in [0.2, 0.25) is 5.69 Å². The Hall–Kier alpha value is -2.12. The van der Waals surface area contributed by atoms with Crippen molar-refractivity contribution in [3.05, 3.63) is 33.0 Å². The van der Waals surface area contributed by atoms with Gasteiger partial charge in [-0.1, -0.05) is 0 Å². The van der Waals surface area contributed by atoms with E-state index < -0.39 is 28.8 Å². The lowest BCUT2D eigenvalue weighted by atomic mass is 10.1. The third-order valence-corrected chi connectivity index (χ3v) is 2.33. The molecule has 98 valence electrons. The van der Waals surface area contributed by atoms with Crippen LogP contribution in [-0.2, 0) is 16.0 Å². The molecule has 0 aliphatic carbocycles. The molecule has 0 bridgehead atoms. The molecule has 0 amide bonds. The number of carbonyl (C=O) groups excluding carboxylic acids is 1. The molecule has 0 aromatic carbocycles. The van der Waals surface area contributed by atoms with Gasteiger partial charge in [-0.25, -0.2) is 8.78 Å². The molecule has 0 fully saturated rings. The largest absolute Gasteiger partial charge is 0.469 e. The maximum absolute atomic E-state index is 12.5. The average Bonchev–Trinajstić information content (AvgIpc) is 2.30. The number of hydrogen-bond acceptors (Lipinski definition) is 5. The van der Waals surface area contributed by atoms with Crippen molar-refractivity contribution in [1.82, 2.24) is 4.98 Å². The summed E-state index contributed by atoms with van der Waals surface area (Å²) in [5, 5.41) is 10.7. The van der Waals surface area contributed by atoms with Crippen molar-refractivity contribution in [2.45, 2.75) is 19.8 Å². The molecular formula is C10H10F2N2O4.